The summed E-state index contributed by atoms with van der Waals surface area (Å²) in [5, 5.41) is 1.50. The molecule has 1 radical (unpaired) electrons. The van der Waals surface area contributed by atoms with Gasteiger partial charge in [-0.25, -0.2) is 0 Å². The van der Waals surface area contributed by atoms with Crippen molar-refractivity contribution in [2.45, 2.75) is 18.1 Å². The second-order valence-corrected chi connectivity index (χ2v) is 9.91. The maximum atomic E-state index is 6.49. The number of aliphatic imine (C=N–C) groups is 1. The number of hydrogen-bond acceptors (Lipinski definition) is 5. The molecule has 165 valence electrons. The van der Waals surface area contributed by atoms with E-state index in [9.17, 15) is 0 Å². The zero-order valence-electron chi connectivity index (χ0n) is 19.2. The second kappa shape index (κ2) is 11.1. The van der Waals surface area contributed by atoms with Crippen LogP contribution in [0.4, 0.5) is 0 Å². The molecule has 0 N–H and O–H groups in total. The number of benzene rings is 1. The molecule has 1 atom stereocenters. The Hall–Kier alpha value is -2.15. The molecule has 1 unspecified atom stereocenters. The van der Waals surface area contributed by atoms with E-state index in [1.54, 1.807) is 0 Å². The van der Waals surface area contributed by atoms with E-state index in [4.69, 9.17) is 12.5 Å². The molecule has 0 saturated carbocycles. The fourth-order valence-corrected chi connectivity index (χ4v) is 5.20. The van der Waals surface area contributed by atoms with E-state index in [-0.39, 0.29) is 0 Å². The molecule has 6 heteroatoms. The number of thioether (sulfide) groups is 1. The summed E-state index contributed by atoms with van der Waals surface area (Å²) in [6.45, 7) is 5.37. The minimum atomic E-state index is 0.372. The number of allylic oxidation sites excluding steroid dienone is 4. The molecule has 0 spiro atoms. The monoisotopic (exact) mass is 443 g/mol. The van der Waals surface area contributed by atoms with E-state index in [2.05, 4.69) is 65.4 Å². The molecule has 0 aromatic heterocycles. The first kappa shape index (κ1) is 23.0. The van der Waals surface area contributed by atoms with Crippen LogP contribution in [0.15, 0.2) is 83.3 Å². The molecule has 3 aliphatic rings. The van der Waals surface area contributed by atoms with Crippen LogP contribution in [0.1, 0.15) is 18.4 Å². The van der Waals surface area contributed by atoms with Crippen molar-refractivity contribution in [3.05, 3.63) is 83.9 Å². The number of nitrogens with zero attached hydrogens (tertiary/aromatic N) is 4. The zero-order chi connectivity index (χ0) is 22.3. The van der Waals surface area contributed by atoms with Crippen LogP contribution in [0.5, 0.6) is 0 Å². The van der Waals surface area contributed by atoms with E-state index >= 15 is 0 Å². The molecule has 0 bridgehead atoms. The Morgan fingerprint density at radius 3 is 2.66 bits per heavy atom. The summed E-state index contributed by atoms with van der Waals surface area (Å²) in [6.07, 6.45) is 14.5. The van der Waals surface area contributed by atoms with E-state index in [1.165, 1.54) is 11.3 Å². The first-order valence-corrected chi connectivity index (χ1v) is 12.3. The topological polar surface area (TPSA) is 22.1 Å². The number of likely N-dealkylation sites (N-methyl/N-ethyl adjacent to an activating group) is 1. The number of rotatable bonds is 7. The predicted molar refractivity (Wildman–Crippen MR) is 140 cm³/mol. The van der Waals surface area contributed by atoms with Crippen LogP contribution in [0.3, 0.4) is 0 Å². The Labute approximate surface area is 198 Å². The molecule has 1 aromatic carbocycles. The van der Waals surface area contributed by atoms with E-state index in [1.807, 2.05) is 42.2 Å². The van der Waals surface area contributed by atoms with Crippen LogP contribution in [-0.2, 0) is 0 Å². The van der Waals surface area contributed by atoms with Gasteiger partial charge in [0.2, 0.25) is 0 Å². The maximum absolute atomic E-state index is 6.49. The molecule has 1 saturated heterocycles. The summed E-state index contributed by atoms with van der Waals surface area (Å²) >= 11 is 1.86. The zero-order valence-corrected chi connectivity index (χ0v) is 20.0. The van der Waals surface area contributed by atoms with Crippen molar-refractivity contribution in [2.24, 2.45) is 4.99 Å². The van der Waals surface area contributed by atoms with Gasteiger partial charge in [-0.05, 0) is 0 Å². The molecular formula is C26H32BN4S. The van der Waals surface area contributed by atoms with Crippen LogP contribution in [0.25, 0.3) is 0 Å². The van der Waals surface area contributed by atoms with E-state index < -0.39 is 0 Å². The van der Waals surface area contributed by atoms with Crippen molar-refractivity contribution in [2.75, 3.05) is 46.8 Å². The number of piperazine rings is 1. The van der Waals surface area contributed by atoms with Crippen LogP contribution in [0.2, 0.25) is 0 Å². The summed E-state index contributed by atoms with van der Waals surface area (Å²) in [7, 11) is 10.7. The third-order valence-corrected chi connectivity index (χ3v) is 7.27. The Bertz CT molecular complexity index is 955. The van der Waals surface area contributed by atoms with Gasteiger partial charge in [0, 0.05) is 0 Å². The first-order chi connectivity index (χ1) is 15.6. The Morgan fingerprint density at radius 2 is 1.88 bits per heavy atom. The minimum absolute atomic E-state index is 0.372. The molecule has 4 nitrogen and oxygen atoms in total. The molecule has 3 aliphatic heterocycles. The van der Waals surface area contributed by atoms with Gasteiger partial charge in [0.1, 0.15) is 0 Å². The molecule has 1 fully saturated rings. The molecule has 32 heavy (non-hydrogen) atoms. The molecule has 1 aromatic rings. The summed E-state index contributed by atoms with van der Waals surface area (Å²) in [4.78, 5) is 12.0. The average Bonchev–Trinajstić information content (AvgIpc) is 3.04. The van der Waals surface area contributed by atoms with Crippen LogP contribution < -0.4 is 0 Å². The third-order valence-electron chi connectivity index (χ3n) is 6.04. The van der Waals surface area contributed by atoms with Gasteiger partial charge in [-0.2, -0.15) is 0 Å². The Balaban J connectivity index is 1.44. The first-order valence-electron chi connectivity index (χ1n) is 11.4. The predicted octanol–water partition coefficient (Wildman–Crippen LogP) is 3.70. The van der Waals surface area contributed by atoms with Crippen molar-refractivity contribution in [3.8, 4) is 0 Å². The fraction of sp³-hybridized carbons (Fsp3) is 0.385. The van der Waals surface area contributed by atoms with Gasteiger partial charge in [0.15, 0.2) is 0 Å². The van der Waals surface area contributed by atoms with Gasteiger partial charge in [-0.1, -0.05) is 0 Å². The standard InChI is InChI=1S/C26H32BN4S/c1-29-13-6-9-21(12-14-29)25(27)11-10-24-19-23(20-31-17-15-30(2)16-18-31)28-26(32-24)22-7-4-3-5-8-22/h3-9,12-14,19,24H,10-11,15-18,20H2,1-2H3. The van der Waals surface area contributed by atoms with E-state index in [0.717, 1.165) is 61.6 Å². The molecule has 0 amide bonds. The molecule has 4 rings (SSSR count). The second-order valence-electron chi connectivity index (χ2n) is 8.69. The van der Waals surface area contributed by atoms with Gasteiger partial charge in [-0.15, -0.1) is 0 Å². The van der Waals surface area contributed by atoms with Crippen molar-refractivity contribution in [1.82, 2.24) is 14.7 Å². The summed E-state index contributed by atoms with van der Waals surface area (Å²) in [5.74, 6) is 0. The molecule has 0 aliphatic carbocycles. The van der Waals surface area contributed by atoms with Crippen molar-refractivity contribution >= 4 is 29.8 Å². The van der Waals surface area contributed by atoms with Crippen molar-refractivity contribution < 1.29 is 0 Å². The summed E-state index contributed by atoms with van der Waals surface area (Å²) in [6, 6.07) is 10.6. The van der Waals surface area contributed by atoms with Crippen LogP contribution in [0, 0.1) is 0 Å². The fourth-order valence-electron chi connectivity index (χ4n) is 4.01. The summed E-state index contributed by atoms with van der Waals surface area (Å²) in [5.41, 5.74) is 4.43. The number of hydrogen-bond donors (Lipinski definition) is 0. The third kappa shape index (κ3) is 6.44. The van der Waals surface area contributed by atoms with Crippen LogP contribution in [-0.4, -0.2) is 84.8 Å². The Morgan fingerprint density at radius 1 is 1.09 bits per heavy atom. The van der Waals surface area contributed by atoms with Gasteiger partial charge >= 0.3 is 198 Å². The summed E-state index contributed by atoms with van der Waals surface area (Å²) < 4.78 is 0. The van der Waals surface area contributed by atoms with Gasteiger partial charge in [0.25, 0.3) is 0 Å². The average molecular weight is 443 g/mol. The van der Waals surface area contributed by atoms with Gasteiger partial charge in [-0.3, -0.25) is 0 Å². The van der Waals surface area contributed by atoms with Gasteiger partial charge < -0.3 is 0 Å². The Kier molecular flexibility index (Phi) is 8.01. The van der Waals surface area contributed by atoms with Crippen molar-refractivity contribution in [3.63, 3.8) is 0 Å². The molecule has 3 heterocycles. The quantitative estimate of drug-likeness (QED) is 0.600. The van der Waals surface area contributed by atoms with Crippen molar-refractivity contribution in [1.29, 1.82) is 0 Å². The van der Waals surface area contributed by atoms with Gasteiger partial charge in [0.05, 0.1) is 0 Å². The molecular weight excluding hydrogens is 411 g/mol. The SMILES string of the molecule is [B]=C(CCC1C=C(CN2CCN(C)CC2)N=C(c2ccccc2)S1)C1=CC=CN(C)C=C1. The van der Waals surface area contributed by atoms with Crippen LogP contribution >= 0.6 is 11.8 Å². The van der Waals surface area contributed by atoms with E-state index in [0.29, 0.717) is 5.25 Å². The normalized spacial score (nSPS) is 22.2.